The molecule has 140 valence electrons. The summed E-state index contributed by atoms with van der Waals surface area (Å²) < 4.78 is 0. The van der Waals surface area contributed by atoms with Crippen LogP contribution in [0.1, 0.15) is 24.0 Å². The number of guanidine groups is 1. The van der Waals surface area contributed by atoms with E-state index in [4.69, 9.17) is 5.73 Å². The fourth-order valence-electron chi connectivity index (χ4n) is 3.31. The molecule has 0 spiro atoms. The first-order valence-corrected chi connectivity index (χ1v) is 8.77. The summed E-state index contributed by atoms with van der Waals surface area (Å²) in [4.78, 5) is 15.5. The van der Waals surface area contributed by atoms with Crippen molar-refractivity contribution < 1.29 is 0 Å². The number of nitrogens with two attached hydrogens (primary N) is 1. The second-order valence-corrected chi connectivity index (χ2v) is 6.73. The maximum Gasteiger partial charge on any atom is 0.225 e. The van der Waals surface area contributed by atoms with E-state index in [1.807, 2.05) is 6.07 Å². The van der Waals surface area contributed by atoms with Crippen LogP contribution in [0, 0.1) is 19.8 Å². The Morgan fingerprint density at radius 1 is 1.23 bits per heavy atom. The lowest BCUT2D eigenvalue weighted by atomic mass is 9.98. The van der Waals surface area contributed by atoms with E-state index in [0.29, 0.717) is 18.4 Å². The summed E-state index contributed by atoms with van der Waals surface area (Å²) in [6.07, 6.45) is 5.86. The monoisotopic (exact) mass is 466 g/mol. The van der Waals surface area contributed by atoms with E-state index in [9.17, 15) is 0 Å². The number of nitrogens with one attached hydrogen (secondary N) is 1. The Labute approximate surface area is 172 Å². The summed E-state index contributed by atoms with van der Waals surface area (Å²) in [6, 6.07) is 8.13. The highest BCUT2D eigenvalue weighted by molar-refractivity contribution is 14.0. The normalized spacial score (nSPS) is 17.5. The molecule has 0 amide bonds. The van der Waals surface area contributed by atoms with E-state index in [0.717, 1.165) is 37.6 Å². The van der Waals surface area contributed by atoms with Crippen molar-refractivity contribution in [3.8, 4) is 0 Å². The van der Waals surface area contributed by atoms with Crippen LogP contribution in [0.2, 0.25) is 0 Å². The Morgan fingerprint density at radius 2 is 1.92 bits per heavy atom. The van der Waals surface area contributed by atoms with Gasteiger partial charge in [-0.25, -0.2) is 9.97 Å². The number of aliphatic imine (C=N–C) groups is 1. The number of nitrogens with zero attached hydrogens (tertiary/aromatic N) is 4. The van der Waals surface area contributed by atoms with Gasteiger partial charge in [-0.3, -0.25) is 4.99 Å². The van der Waals surface area contributed by atoms with Gasteiger partial charge in [0, 0.05) is 37.7 Å². The van der Waals surface area contributed by atoms with Crippen LogP contribution in [0.25, 0.3) is 0 Å². The molecule has 1 atom stereocenters. The molecule has 1 aromatic carbocycles. The Kier molecular flexibility index (Phi) is 7.62. The first kappa shape index (κ1) is 20.4. The van der Waals surface area contributed by atoms with Crippen molar-refractivity contribution >= 4 is 41.6 Å². The standard InChI is InChI=1S/C19H26N6.HI/c1-14-9-15(2)11-17(10-14)24-18(20)23-12-16-5-3-8-25(13-16)19-21-6-4-7-22-19;/h4,6-7,9-11,16H,3,5,8,12-13H2,1-2H3,(H3,20,23,24);1H. The van der Waals surface area contributed by atoms with Crippen molar-refractivity contribution in [3.05, 3.63) is 47.8 Å². The summed E-state index contributed by atoms with van der Waals surface area (Å²) in [7, 11) is 0. The molecule has 1 saturated heterocycles. The predicted octanol–water partition coefficient (Wildman–Crippen LogP) is 3.35. The van der Waals surface area contributed by atoms with Crippen molar-refractivity contribution in [1.29, 1.82) is 0 Å². The maximum absolute atomic E-state index is 6.07. The van der Waals surface area contributed by atoms with Gasteiger partial charge in [-0.2, -0.15) is 0 Å². The molecule has 1 unspecified atom stereocenters. The highest BCUT2D eigenvalue weighted by Crippen LogP contribution is 2.20. The Morgan fingerprint density at radius 3 is 2.62 bits per heavy atom. The average Bonchev–Trinajstić information content (AvgIpc) is 2.60. The Hall–Kier alpha value is -1.90. The number of hydrogen-bond acceptors (Lipinski definition) is 4. The van der Waals surface area contributed by atoms with Gasteiger partial charge in [0.15, 0.2) is 5.96 Å². The van der Waals surface area contributed by atoms with Gasteiger partial charge in [0.1, 0.15) is 0 Å². The molecular weight excluding hydrogens is 439 g/mol. The molecular formula is C19H27IN6. The highest BCUT2D eigenvalue weighted by Gasteiger charge is 2.21. The van der Waals surface area contributed by atoms with E-state index in [1.165, 1.54) is 11.1 Å². The third-order valence-corrected chi connectivity index (χ3v) is 4.37. The summed E-state index contributed by atoms with van der Waals surface area (Å²) in [5, 5.41) is 3.20. The van der Waals surface area contributed by atoms with Gasteiger partial charge in [0.05, 0.1) is 0 Å². The van der Waals surface area contributed by atoms with Crippen LogP contribution in [-0.4, -0.2) is 35.6 Å². The van der Waals surface area contributed by atoms with Crippen molar-refractivity contribution in [3.63, 3.8) is 0 Å². The first-order valence-electron chi connectivity index (χ1n) is 8.77. The van der Waals surface area contributed by atoms with Gasteiger partial charge in [0.25, 0.3) is 0 Å². The molecule has 0 radical (unpaired) electrons. The smallest absolute Gasteiger partial charge is 0.225 e. The van der Waals surface area contributed by atoms with E-state index in [-0.39, 0.29) is 24.0 Å². The molecule has 1 aliphatic rings. The van der Waals surface area contributed by atoms with Crippen LogP contribution in [0.15, 0.2) is 41.7 Å². The molecule has 0 bridgehead atoms. The highest BCUT2D eigenvalue weighted by atomic mass is 127. The molecule has 1 aliphatic heterocycles. The quantitative estimate of drug-likeness (QED) is 0.411. The average molecular weight is 466 g/mol. The molecule has 0 aliphatic carbocycles. The molecule has 3 rings (SSSR count). The van der Waals surface area contributed by atoms with Gasteiger partial charge in [-0.15, -0.1) is 24.0 Å². The molecule has 7 heteroatoms. The van der Waals surface area contributed by atoms with Gasteiger partial charge in [0.2, 0.25) is 5.95 Å². The molecule has 1 fully saturated rings. The number of anilines is 2. The summed E-state index contributed by atoms with van der Waals surface area (Å²) in [5.74, 6) is 1.74. The molecule has 3 N–H and O–H groups in total. The minimum atomic E-state index is 0. The second-order valence-electron chi connectivity index (χ2n) is 6.73. The summed E-state index contributed by atoms with van der Waals surface area (Å²) in [5.41, 5.74) is 9.48. The molecule has 2 heterocycles. The number of hydrogen-bond donors (Lipinski definition) is 2. The topological polar surface area (TPSA) is 79.4 Å². The zero-order chi connectivity index (χ0) is 17.6. The molecule has 0 saturated carbocycles. The number of piperidine rings is 1. The molecule has 2 aromatic rings. The molecule has 26 heavy (non-hydrogen) atoms. The summed E-state index contributed by atoms with van der Waals surface area (Å²) in [6.45, 7) is 6.79. The van der Waals surface area contributed by atoms with Crippen LogP contribution in [0.3, 0.4) is 0 Å². The van der Waals surface area contributed by atoms with Gasteiger partial charge in [-0.05, 0) is 61.9 Å². The molecule has 6 nitrogen and oxygen atoms in total. The van der Waals surface area contributed by atoms with Crippen molar-refractivity contribution in [2.45, 2.75) is 26.7 Å². The fourth-order valence-corrected chi connectivity index (χ4v) is 3.31. The van der Waals surface area contributed by atoms with Gasteiger partial charge >= 0.3 is 0 Å². The maximum atomic E-state index is 6.07. The zero-order valence-electron chi connectivity index (χ0n) is 15.4. The number of aromatic nitrogens is 2. The van der Waals surface area contributed by atoms with Crippen molar-refractivity contribution in [2.75, 3.05) is 29.9 Å². The fraction of sp³-hybridized carbons (Fsp3) is 0.421. The predicted molar refractivity (Wildman–Crippen MR) is 118 cm³/mol. The van der Waals surface area contributed by atoms with E-state index in [1.54, 1.807) is 12.4 Å². The molecule has 1 aromatic heterocycles. The third-order valence-electron chi connectivity index (χ3n) is 4.37. The number of aryl methyl sites for hydroxylation is 2. The van der Waals surface area contributed by atoms with Crippen LogP contribution >= 0.6 is 24.0 Å². The lowest BCUT2D eigenvalue weighted by Gasteiger charge is -2.31. The lowest BCUT2D eigenvalue weighted by molar-refractivity contribution is 0.420. The number of benzene rings is 1. The van der Waals surface area contributed by atoms with Crippen LogP contribution in [-0.2, 0) is 0 Å². The largest absolute Gasteiger partial charge is 0.370 e. The number of halogens is 1. The lowest BCUT2D eigenvalue weighted by Crippen LogP contribution is -2.38. The minimum absolute atomic E-state index is 0. The van der Waals surface area contributed by atoms with Crippen molar-refractivity contribution in [1.82, 2.24) is 9.97 Å². The minimum Gasteiger partial charge on any atom is -0.370 e. The van der Waals surface area contributed by atoms with Crippen LogP contribution < -0.4 is 16.0 Å². The van der Waals surface area contributed by atoms with Crippen LogP contribution in [0.5, 0.6) is 0 Å². The number of rotatable bonds is 4. The van der Waals surface area contributed by atoms with Crippen LogP contribution in [0.4, 0.5) is 11.6 Å². The second kappa shape index (κ2) is 9.70. The van der Waals surface area contributed by atoms with Gasteiger partial charge in [-0.1, -0.05) is 6.07 Å². The third kappa shape index (κ3) is 5.82. The Bertz CT molecular complexity index is 714. The van der Waals surface area contributed by atoms with E-state index >= 15 is 0 Å². The first-order chi connectivity index (χ1) is 12.1. The van der Waals surface area contributed by atoms with E-state index in [2.05, 4.69) is 57.2 Å². The van der Waals surface area contributed by atoms with E-state index < -0.39 is 0 Å². The Balaban J connectivity index is 0.00000243. The van der Waals surface area contributed by atoms with Gasteiger partial charge < -0.3 is 16.0 Å². The SMILES string of the molecule is Cc1cc(C)cc(NC(N)=NCC2CCCN(c3ncccn3)C2)c1.I. The zero-order valence-corrected chi connectivity index (χ0v) is 17.7. The summed E-state index contributed by atoms with van der Waals surface area (Å²) >= 11 is 0. The van der Waals surface area contributed by atoms with Crippen molar-refractivity contribution in [2.24, 2.45) is 16.6 Å².